The molecule has 0 aliphatic carbocycles. The summed E-state index contributed by atoms with van der Waals surface area (Å²) in [5.41, 5.74) is 17.9. The van der Waals surface area contributed by atoms with Crippen molar-refractivity contribution in [3.8, 4) is 0 Å². The molecule has 0 radical (unpaired) electrons. The van der Waals surface area contributed by atoms with Gasteiger partial charge in [0.1, 0.15) is 48.3 Å². The summed E-state index contributed by atoms with van der Waals surface area (Å²) < 4.78 is 0. The van der Waals surface area contributed by atoms with Crippen LogP contribution < -0.4 is 59.7 Å². The highest BCUT2D eigenvalue weighted by Gasteiger charge is 2.43. The quantitative estimate of drug-likeness (QED) is 0.0186. The van der Waals surface area contributed by atoms with Crippen molar-refractivity contribution in [1.29, 1.82) is 0 Å². The number of nitrogens with one attached hydrogen (secondary N) is 8. The van der Waals surface area contributed by atoms with Crippen LogP contribution in [0.2, 0.25) is 0 Å². The van der Waals surface area contributed by atoms with Gasteiger partial charge in [-0.1, -0.05) is 88.4 Å². The number of hydrogen-bond donors (Lipinski definition) is 14. The molecule has 87 heavy (non-hydrogen) atoms. The largest absolute Gasteiger partial charge is 0.481 e. The summed E-state index contributed by atoms with van der Waals surface area (Å²) in [7, 11) is 0. The Morgan fingerprint density at radius 1 is 0.563 bits per heavy atom. The molecular formula is C57H82N14O16. The standard InChI is InChI=1S/C57H82N14O16/c1-31(2)24-36(67-51(81)38(27-45(74)75)66-48(78)35(58)18-11-21-61-57(59)60)49(79)62-29-43(72)64-37(25-33-14-7-5-8-15-33)50(80)68-39(26-34-16-9-6-10-17-34)54(84)70-22-13-20-42(70)53(83)69-47(32(3)4)55(85)71-23-12-19-41(71)52(82)63-30-44(73)65-40(56(86)87)28-46(76)77/h5-10,14-17,31-32,35-42,47H,11-13,18-30,58H2,1-4H3,(H,62,79)(H,63,82)(H,64,72)(H,65,73)(H,66,78)(H,67,81)(H,68,80)(H,69,83)(H,74,75)(H,76,77)(H,86,87)(H4,59,60,61)/t35-,36-,37-,38-,39-,40-,41-,42-,47-/m0/s1. The van der Waals surface area contributed by atoms with Gasteiger partial charge in [-0.2, -0.15) is 0 Å². The van der Waals surface area contributed by atoms with Gasteiger partial charge >= 0.3 is 17.9 Å². The summed E-state index contributed by atoms with van der Waals surface area (Å²) in [4.78, 5) is 179. The number of carboxylic acids is 3. The van der Waals surface area contributed by atoms with Gasteiger partial charge < -0.3 is 84.9 Å². The van der Waals surface area contributed by atoms with Gasteiger partial charge in [0, 0.05) is 32.5 Å². The average molecular weight is 1220 g/mol. The molecule has 0 unspecified atom stereocenters. The number of aliphatic carboxylic acids is 3. The van der Waals surface area contributed by atoms with E-state index in [9.17, 15) is 72.5 Å². The third kappa shape index (κ3) is 23.3. The molecule has 0 bridgehead atoms. The van der Waals surface area contributed by atoms with Crippen LogP contribution in [0.25, 0.3) is 0 Å². The summed E-state index contributed by atoms with van der Waals surface area (Å²) in [5, 5.41) is 47.8. The van der Waals surface area contributed by atoms with E-state index in [0.29, 0.717) is 30.4 Å². The van der Waals surface area contributed by atoms with Crippen LogP contribution in [0, 0.1) is 11.8 Å². The summed E-state index contributed by atoms with van der Waals surface area (Å²) in [6.07, 6.45) is -0.451. The van der Waals surface area contributed by atoms with Crippen molar-refractivity contribution in [3.05, 3.63) is 71.8 Å². The van der Waals surface area contributed by atoms with Gasteiger partial charge in [-0.3, -0.25) is 62.5 Å². The summed E-state index contributed by atoms with van der Waals surface area (Å²) in [6, 6.07) is 5.25. The number of hydrogen-bond acceptors (Lipinski definition) is 15. The third-order valence-corrected chi connectivity index (χ3v) is 14.3. The number of carbonyl (C=O) groups is 13. The van der Waals surface area contributed by atoms with E-state index in [2.05, 4.69) is 42.2 Å². The molecule has 0 saturated carbocycles. The van der Waals surface area contributed by atoms with Gasteiger partial charge in [-0.15, -0.1) is 0 Å². The number of likely N-dealkylation sites (tertiary alicyclic amines) is 2. The number of carbonyl (C=O) groups excluding carboxylic acids is 10. The lowest BCUT2D eigenvalue weighted by Gasteiger charge is -2.33. The maximum Gasteiger partial charge on any atom is 0.326 e. The fourth-order valence-electron chi connectivity index (χ4n) is 9.86. The predicted molar refractivity (Wildman–Crippen MR) is 312 cm³/mol. The van der Waals surface area contributed by atoms with Crippen molar-refractivity contribution in [2.24, 2.45) is 34.0 Å². The van der Waals surface area contributed by atoms with Crippen molar-refractivity contribution in [3.63, 3.8) is 0 Å². The maximum atomic E-state index is 14.9. The van der Waals surface area contributed by atoms with Crippen LogP contribution in [0.4, 0.5) is 0 Å². The lowest BCUT2D eigenvalue weighted by Crippen LogP contribution is -2.60. The minimum absolute atomic E-state index is 0.00830. The van der Waals surface area contributed by atoms with Gasteiger partial charge in [0.2, 0.25) is 59.1 Å². The molecule has 2 aliphatic rings. The van der Waals surface area contributed by atoms with E-state index in [-0.39, 0.29) is 70.0 Å². The zero-order chi connectivity index (χ0) is 64.5. The molecule has 476 valence electrons. The molecule has 4 rings (SSSR count). The first-order valence-electron chi connectivity index (χ1n) is 28.7. The number of guanidine groups is 1. The topological polar surface area (TPSA) is 476 Å². The Morgan fingerprint density at radius 3 is 1.57 bits per heavy atom. The summed E-state index contributed by atoms with van der Waals surface area (Å²) in [5.74, 6) is -13.5. The Labute approximate surface area is 502 Å². The molecule has 0 aromatic heterocycles. The smallest absolute Gasteiger partial charge is 0.326 e. The molecule has 17 N–H and O–H groups in total. The Kier molecular flexibility index (Phi) is 28.0. The van der Waals surface area contributed by atoms with Crippen LogP contribution in [0.5, 0.6) is 0 Å². The number of carboxylic acid groups (broad SMARTS) is 3. The van der Waals surface area contributed by atoms with Crippen LogP contribution >= 0.6 is 0 Å². The zero-order valence-corrected chi connectivity index (χ0v) is 49.2. The second kappa shape index (κ2) is 34.7. The van der Waals surface area contributed by atoms with Crippen LogP contribution in [-0.2, 0) is 75.2 Å². The Bertz CT molecular complexity index is 2800. The number of rotatable bonds is 34. The lowest BCUT2D eigenvalue weighted by molar-refractivity contribution is -0.147. The highest BCUT2D eigenvalue weighted by Crippen LogP contribution is 2.24. The monoisotopic (exact) mass is 1220 g/mol. The van der Waals surface area contributed by atoms with E-state index in [1.807, 2.05) is 5.32 Å². The molecule has 10 amide bonds. The van der Waals surface area contributed by atoms with Gasteiger partial charge in [-0.25, -0.2) is 4.79 Å². The van der Waals surface area contributed by atoms with Crippen molar-refractivity contribution in [2.45, 2.75) is 153 Å². The van der Waals surface area contributed by atoms with E-state index in [1.54, 1.807) is 88.4 Å². The number of nitrogens with two attached hydrogens (primary N) is 3. The Balaban J connectivity index is 1.49. The number of benzene rings is 2. The molecule has 2 aromatic carbocycles. The second-order valence-electron chi connectivity index (χ2n) is 22.1. The molecule has 30 heteroatoms. The van der Waals surface area contributed by atoms with Crippen molar-refractivity contribution < 1.29 is 77.6 Å². The van der Waals surface area contributed by atoms with Crippen LogP contribution in [0.1, 0.15) is 96.6 Å². The first-order chi connectivity index (χ1) is 41.1. The summed E-state index contributed by atoms with van der Waals surface area (Å²) >= 11 is 0. The lowest BCUT2D eigenvalue weighted by atomic mass is 10.0. The molecule has 30 nitrogen and oxygen atoms in total. The second-order valence-corrected chi connectivity index (χ2v) is 22.1. The van der Waals surface area contributed by atoms with E-state index in [1.165, 1.54) is 9.80 Å². The average Bonchev–Trinajstić information content (AvgIpc) is 2.90. The molecule has 2 heterocycles. The Morgan fingerprint density at radius 2 is 1.05 bits per heavy atom. The molecule has 2 aliphatic heterocycles. The van der Waals surface area contributed by atoms with Gasteiger partial charge in [0.25, 0.3) is 0 Å². The van der Waals surface area contributed by atoms with Crippen molar-refractivity contribution in [1.82, 2.24) is 52.3 Å². The first-order valence-corrected chi connectivity index (χ1v) is 28.7. The number of nitrogens with zero attached hydrogens (tertiary/aromatic N) is 3. The fraction of sp³-hybridized carbons (Fsp3) is 0.544. The molecular weight excluding hydrogens is 1140 g/mol. The zero-order valence-electron chi connectivity index (χ0n) is 49.2. The van der Waals surface area contributed by atoms with Gasteiger partial charge in [-0.05, 0) is 67.9 Å². The molecule has 9 atom stereocenters. The normalized spacial score (nSPS) is 17.0. The van der Waals surface area contributed by atoms with Crippen LogP contribution in [-0.4, -0.2) is 195 Å². The van der Waals surface area contributed by atoms with E-state index in [4.69, 9.17) is 22.3 Å². The minimum atomic E-state index is -1.75. The molecule has 2 saturated heterocycles. The number of aliphatic imine (C=N–C) groups is 1. The minimum Gasteiger partial charge on any atom is -0.481 e. The fourth-order valence-corrected chi connectivity index (χ4v) is 9.86. The Hall–Kier alpha value is -9.22. The van der Waals surface area contributed by atoms with Gasteiger partial charge in [0.15, 0.2) is 5.96 Å². The number of amides is 10. The van der Waals surface area contributed by atoms with E-state index in [0.717, 1.165) is 0 Å². The third-order valence-electron chi connectivity index (χ3n) is 14.3. The van der Waals surface area contributed by atoms with Crippen LogP contribution in [0.15, 0.2) is 65.7 Å². The first kappa shape index (κ1) is 70.3. The van der Waals surface area contributed by atoms with E-state index >= 15 is 0 Å². The van der Waals surface area contributed by atoms with Crippen molar-refractivity contribution in [2.75, 3.05) is 32.7 Å². The SMILES string of the molecule is CC(C)C[C@H](NC(=O)[C@H](CC(=O)O)NC(=O)[C@@H](N)CCCN=C(N)N)C(=O)NCC(=O)N[C@@H](Cc1ccccc1)C(=O)N[C@@H](Cc1ccccc1)C(=O)N1CCC[C@H]1C(=O)N[C@H](C(=O)N1CCC[C@H]1C(=O)NCC(=O)N[C@@H](CC(=O)O)C(=O)O)C(C)C. The van der Waals surface area contributed by atoms with E-state index < -0.39 is 163 Å². The highest BCUT2D eigenvalue weighted by molar-refractivity contribution is 5.99. The maximum absolute atomic E-state index is 14.9. The predicted octanol–water partition coefficient (Wildman–Crippen LogP) is -3.29. The molecule has 2 aromatic rings. The highest BCUT2D eigenvalue weighted by atomic mass is 16.4. The van der Waals surface area contributed by atoms with Crippen LogP contribution in [0.3, 0.4) is 0 Å². The molecule has 2 fully saturated rings. The van der Waals surface area contributed by atoms with Crippen molar-refractivity contribution >= 4 is 82.9 Å². The molecule has 0 spiro atoms. The summed E-state index contributed by atoms with van der Waals surface area (Å²) in [6.45, 7) is 5.75. The van der Waals surface area contributed by atoms with Gasteiger partial charge in [0.05, 0.1) is 32.0 Å².